The average molecular weight is 245 g/mol. The summed E-state index contributed by atoms with van der Waals surface area (Å²) in [5.41, 5.74) is 5.71. The zero-order valence-electron chi connectivity index (χ0n) is 7.89. The van der Waals surface area contributed by atoms with E-state index in [0.29, 0.717) is 15.6 Å². The Morgan fingerprint density at radius 2 is 1.87 bits per heavy atom. The zero-order valence-corrected chi connectivity index (χ0v) is 9.40. The molecule has 1 aromatic carbocycles. The molecular weight excluding hydrogens is 235 g/mol. The number of hydrogen-bond donors (Lipinski definition) is 2. The highest BCUT2D eigenvalue weighted by Gasteiger charge is 2.11. The first-order chi connectivity index (χ1) is 7.00. The zero-order chi connectivity index (χ0) is 11.4. The molecule has 0 heterocycles. The van der Waals surface area contributed by atoms with E-state index in [1.54, 1.807) is 18.2 Å². The highest BCUT2D eigenvalue weighted by molar-refractivity contribution is 6.36. The summed E-state index contributed by atoms with van der Waals surface area (Å²) in [6, 6.07) is 5.05. The molecule has 3 nitrogen and oxygen atoms in total. The summed E-state index contributed by atoms with van der Waals surface area (Å²) in [5.74, 6) is -0.319. The van der Waals surface area contributed by atoms with Crippen LogP contribution in [-0.2, 0) is 11.2 Å². The lowest BCUT2D eigenvalue weighted by Gasteiger charge is -2.05. The third kappa shape index (κ3) is 3.53. The summed E-state index contributed by atoms with van der Waals surface area (Å²) < 4.78 is 0. The monoisotopic (exact) mass is 244 g/mol. The van der Waals surface area contributed by atoms with Gasteiger partial charge in [-0.3, -0.25) is 10.2 Å². The minimum atomic E-state index is -0.169. The molecule has 0 saturated heterocycles. The highest BCUT2D eigenvalue weighted by atomic mass is 35.5. The summed E-state index contributed by atoms with van der Waals surface area (Å²) in [6.07, 6.45) is 0.0413. The van der Waals surface area contributed by atoms with Crippen LogP contribution in [0.4, 0.5) is 0 Å². The molecule has 3 N–H and O–H groups in total. The molecule has 0 amide bonds. The number of halogens is 2. The number of nitrogens with one attached hydrogen (secondary N) is 1. The van der Waals surface area contributed by atoms with E-state index in [1.165, 1.54) is 0 Å². The Kier molecular flexibility index (Phi) is 4.12. The number of nitrogens with two attached hydrogens (primary N) is 1. The lowest BCUT2D eigenvalue weighted by Crippen LogP contribution is -2.17. The van der Waals surface area contributed by atoms with Crippen LogP contribution in [0.2, 0.25) is 10.0 Å². The molecular formula is C10H10Cl2N2O. The van der Waals surface area contributed by atoms with E-state index in [9.17, 15) is 4.79 Å². The van der Waals surface area contributed by atoms with E-state index in [2.05, 4.69) is 0 Å². The minimum absolute atomic E-state index is 0.0679. The predicted octanol–water partition coefficient (Wildman–Crippen LogP) is 2.43. The molecule has 1 rings (SSSR count). The van der Waals surface area contributed by atoms with Crippen LogP contribution in [0.15, 0.2) is 18.2 Å². The smallest absolute Gasteiger partial charge is 0.144 e. The van der Waals surface area contributed by atoms with Crippen molar-refractivity contribution < 1.29 is 4.79 Å². The molecule has 5 heteroatoms. The first kappa shape index (κ1) is 12.0. The van der Waals surface area contributed by atoms with Crippen LogP contribution in [-0.4, -0.2) is 11.6 Å². The molecule has 0 aliphatic heterocycles. The highest BCUT2D eigenvalue weighted by Crippen LogP contribution is 2.24. The maximum Gasteiger partial charge on any atom is 0.144 e. The van der Waals surface area contributed by atoms with Crippen LogP contribution in [0.1, 0.15) is 12.0 Å². The number of Topliss-reactive ketones (excluding diaryl/α,β-unsaturated/α-hetero) is 1. The number of benzene rings is 1. The fourth-order valence-electron chi connectivity index (χ4n) is 1.17. The maximum absolute atomic E-state index is 11.4. The van der Waals surface area contributed by atoms with Gasteiger partial charge in [0.2, 0.25) is 0 Å². The van der Waals surface area contributed by atoms with Gasteiger partial charge in [-0.05, 0) is 17.7 Å². The van der Waals surface area contributed by atoms with Crippen LogP contribution in [0.5, 0.6) is 0 Å². The van der Waals surface area contributed by atoms with Crippen molar-refractivity contribution in [2.75, 3.05) is 0 Å². The molecule has 0 unspecified atom stereocenters. The summed E-state index contributed by atoms with van der Waals surface area (Å²) in [5, 5.41) is 7.90. The van der Waals surface area contributed by atoms with Crippen molar-refractivity contribution >= 4 is 34.8 Å². The number of ketones is 1. The number of carbonyl (C=O) groups is 1. The summed E-state index contributed by atoms with van der Waals surface area (Å²) >= 11 is 11.8. The van der Waals surface area contributed by atoms with Gasteiger partial charge in [-0.2, -0.15) is 0 Å². The molecule has 0 aliphatic carbocycles. The van der Waals surface area contributed by atoms with Crippen LogP contribution in [0, 0.1) is 5.41 Å². The average Bonchev–Trinajstić information content (AvgIpc) is 2.10. The topological polar surface area (TPSA) is 66.9 Å². The lowest BCUT2D eigenvalue weighted by molar-refractivity contribution is -0.117. The van der Waals surface area contributed by atoms with Gasteiger partial charge in [-0.25, -0.2) is 0 Å². The Morgan fingerprint density at radius 1 is 1.33 bits per heavy atom. The van der Waals surface area contributed by atoms with Gasteiger partial charge < -0.3 is 5.73 Å². The number of amidine groups is 1. The fraction of sp³-hybridized carbons (Fsp3) is 0.200. The fourth-order valence-corrected chi connectivity index (χ4v) is 1.70. The van der Waals surface area contributed by atoms with Crippen molar-refractivity contribution in [1.82, 2.24) is 0 Å². The molecule has 0 bridgehead atoms. The SMILES string of the molecule is N=C(N)CC(=O)Cc1c(Cl)cccc1Cl. The maximum atomic E-state index is 11.4. The molecule has 0 aliphatic rings. The van der Waals surface area contributed by atoms with Gasteiger partial charge in [0.25, 0.3) is 0 Å². The van der Waals surface area contributed by atoms with Crippen molar-refractivity contribution in [3.05, 3.63) is 33.8 Å². The largest absolute Gasteiger partial charge is 0.387 e. The molecule has 1 aromatic rings. The standard InChI is InChI=1S/C10H10Cl2N2O/c11-8-2-1-3-9(12)7(8)4-6(15)5-10(13)14/h1-3H,4-5H2,(H3,13,14). The second-order valence-corrected chi connectivity index (χ2v) is 3.93. The molecule has 0 aromatic heterocycles. The van der Waals surface area contributed by atoms with Gasteiger partial charge in [-0.15, -0.1) is 0 Å². The van der Waals surface area contributed by atoms with Crippen molar-refractivity contribution in [1.29, 1.82) is 5.41 Å². The summed E-state index contributed by atoms with van der Waals surface area (Å²) in [4.78, 5) is 11.4. The normalized spacial score (nSPS) is 10.0. The van der Waals surface area contributed by atoms with Crippen molar-refractivity contribution in [3.8, 4) is 0 Å². The van der Waals surface area contributed by atoms with E-state index >= 15 is 0 Å². The van der Waals surface area contributed by atoms with Crippen LogP contribution in [0.3, 0.4) is 0 Å². The molecule has 0 fully saturated rings. The van der Waals surface area contributed by atoms with E-state index in [1.807, 2.05) is 0 Å². The number of hydrogen-bond acceptors (Lipinski definition) is 2. The molecule has 0 spiro atoms. The summed E-state index contributed by atoms with van der Waals surface area (Å²) in [6.45, 7) is 0. The Bertz CT molecular complexity index is 384. The van der Waals surface area contributed by atoms with Gasteiger partial charge in [0.05, 0.1) is 12.3 Å². The molecule has 0 radical (unpaired) electrons. The lowest BCUT2D eigenvalue weighted by atomic mass is 10.1. The van der Waals surface area contributed by atoms with E-state index < -0.39 is 0 Å². The third-order valence-electron chi connectivity index (χ3n) is 1.82. The number of rotatable bonds is 4. The molecule has 80 valence electrons. The Balaban J connectivity index is 2.80. The Morgan fingerprint density at radius 3 is 2.33 bits per heavy atom. The quantitative estimate of drug-likeness (QED) is 0.631. The second-order valence-electron chi connectivity index (χ2n) is 3.12. The summed E-state index contributed by atoms with van der Waals surface area (Å²) in [7, 11) is 0. The van der Waals surface area contributed by atoms with Gasteiger partial charge in [0.15, 0.2) is 0 Å². The third-order valence-corrected chi connectivity index (χ3v) is 2.53. The second kappa shape index (κ2) is 5.14. The number of carbonyl (C=O) groups excluding carboxylic acids is 1. The predicted molar refractivity (Wildman–Crippen MR) is 61.7 cm³/mol. The van der Waals surface area contributed by atoms with Gasteiger partial charge >= 0.3 is 0 Å². The van der Waals surface area contributed by atoms with E-state index in [-0.39, 0.29) is 24.5 Å². The van der Waals surface area contributed by atoms with Crippen molar-refractivity contribution in [2.45, 2.75) is 12.8 Å². The van der Waals surface area contributed by atoms with Gasteiger partial charge in [-0.1, -0.05) is 29.3 Å². The first-order valence-electron chi connectivity index (χ1n) is 4.28. The Labute approximate surface area is 97.7 Å². The van der Waals surface area contributed by atoms with Gasteiger partial charge in [0, 0.05) is 16.5 Å². The van der Waals surface area contributed by atoms with Crippen molar-refractivity contribution in [2.24, 2.45) is 5.73 Å². The van der Waals surface area contributed by atoms with Crippen molar-refractivity contribution in [3.63, 3.8) is 0 Å². The van der Waals surface area contributed by atoms with E-state index in [0.717, 1.165) is 0 Å². The van der Waals surface area contributed by atoms with Crippen LogP contribution in [0.25, 0.3) is 0 Å². The van der Waals surface area contributed by atoms with E-state index in [4.69, 9.17) is 34.3 Å². The first-order valence-corrected chi connectivity index (χ1v) is 5.03. The Hall–Kier alpha value is -1.06. The molecule has 0 saturated carbocycles. The van der Waals surface area contributed by atoms with Gasteiger partial charge in [0.1, 0.15) is 5.78 Å². The van der Waals surface area contributed by atoms with Crippen LogP contribution < -0.4 is 5.73 Å². The van der Waals surface area contributed by atoms with Crippen LogP contribution >= 0.6 is 23.2 Å². The molecule has 15 heavy (non-hydrogen) atoms. The minimum Gasteiger partial charge on any atom is -0.387 e. The molecule has 0 atom stereocenters.